The van der Waals surface area contributed by atoms with E-state index in [1.807, 2.05) is 14.0 Å². The van der Waals surface area contributed by atoms with Gasteiger partial charge in [-0.3, -0.25) is 0 Å². The summed E-state index contributed by atoms with van der Waals surface area (Å²) >= 11 is 0. The largest absolute Gasteiger partial charge is 0.376 e. The fraction of sp³-hybridized carbons (Fsp3) is 1.00. The normalized spacial score (nSPS) is 13.7. The monoisotopic (exact) mass is 132 g/mol. The highest BCUT2D eigenvalue weighted by Crippen LogP contribution is 1.85. The number of rotatable bonds is 5. The van der Waals surface area contributed by atoms with Gasteiger partial charge >= 0.3 is 0 Å². The van der Waals surface area contributed by atoms with Gasteiger partial charge in [0.25, 0.3) is 0 Å². The molecule has 0 aliphatic carbocycles. The molecule has 9 heavy (non-hydrogen) atoms. The molecule has 0 radical (unpaired) electrons. The molecule has 3 nitrogen and oxygen atoms in total. The van der Waals surface area contributed by atoms with Crippen LogP contribution in [0, 0.1) is 0 Å². The van der Waals surface area contributed by atoms with E-state index in [-0.39, 0.29) is 6.10 Å². The van der Waals surface area contributed by atoms with E-state index in [4.69, 9.17) is 10.5 Å². The Bertz CT molecular complexity index is 59.0. The van der Waals surface area contributed by atoms with Crippen LogP contribution < -0.4 is 11.1 Å². The van der Waals surface area contributed by atoms with Gasteiger partial charge in [-0.15, -0.1) is 0 Å². The maximum Gasteiger partial charge on any atom is 0.0671 e. The summed E-state index contributed by atoms with van der Waals surface area (Å²) in [6.07, 6.45) is 0.276. The molecule has 0 rings (SSSR count). The van der Waals surface area contributed by atoms with Crippen molar-refractivity contribution in [3.63, 3.8) is 0 Å². The molecule has 1 atom stereocenters. The molecule has 0 spiro atoms. The number of ether oxygens (including phenoxy) is 1. The molecule has 0 aromatic heterocycles. The predicted octanol–water partition coefficient (Wildman–Crippen LogP) is -0.430. The maximum absolute atomic E-state index is 5.24. The van der Waals surface area contributed by atoms with Crippen molar-refractivity contribution in [1.82, 2.24) is 5.32 Å². The first-order valence-corrected chi connectivity index (χ1v) is 3.27. The molecule has 0 saturated carbocycles. The molecular weight excluding hydrogens is 116 g/mol. The van der Waals surface area contributed by atoms with Crippen LogP contribution in [0.2, 0.25) is 0 Å². The van der Waals surface area contributed by atoms with Crippen molar-refractivity contribution in [2.24, 2.45) is 5.73 Å². The van der Waals surface area contributed by atoms with E-state index in [0.29, 0.717) is 13.2 Å². The van der Waals surface area contributed by atoms with Gasteiger partial charge in [0, 0.05) is 13.1 Å². The van der Waals surface area contributed by atoms with Crippen LogP contribution in [-0.2, 0) is 4.74 Å². The second-order valence-corrected chi connectivity index (χ2v) is 2.03. The van der Waals surface area contributed by atoms with E-state index in [9.17, 15) is 0 Å². The zero-order chi connectivity index (χ0) is 7.11. The fourth-order valence-corrected chi connectivity index (χ4v) is 0.616. The molecule has 0 aromatic carbocycles. The second kappa shape index (κ2) is 6.01. The summed E-state index contributed by atoms with van der Waals surface area (Å²) in [5.74, 6) is 0. The Morgan fingerprint density at radius 3 is 2.78 bits per heavy atom. The second-order valence-electron chi connectivity index (χ2n) is 2.03. The van der Waals surface area contributed by atoms with E-state index in [2.05, 4.69) is 5.32 Å². The summed E-state index contributed by atoms with van der Waals surface area (Å²) in [6.45, 7) is 4.17. The highest BCUT2D eigenvalue weighted by Gasteiger charge is 1.96. The Labute approximate surface area is 56.6 Å². The van der Waals surface area contributed by atoms with E-state index in [1.165, 1.54) is 0 Å². The van der Waals surface area contributed by atoms with E-state index >= 15 is 0 Å². The standard InChI is InChI=1S/C6H16N2O/c1-6(5-8-2)9-4-3-7/h6,8H,3-5,7H2,1-2H3. The van der Waals surface area contributed by atoms with Gasteiger partial charge in [-0.05, 0) is 14.0 Å². The zero-order valence-corrected chi connectivity index (χ0v) is 6.18. The highest BCUT2D eigenvalue weighted by atomic mass is 16.5. The molecule has 56 valence electrons. The predicted molar refractivity (Wildman–Crippen MR) is 38.4 cm³/mol. The first-order chi connectivity index (χ1) is 4.31. The molecule has 0 aromatic rings. The van der Waals surface area contributed by atoms with Crippen molar-refractivity contribution in [1.29, 1.82) is 0 Å². The van der Waals surface area contributed by atoms with Gasteiger partial charge in [0.05, 0.1) is 12.7 Å². The smallest absolute Gasteiger partial charge is 0.0671 e. The third-order valence-electron chi connectivity index (χ3n) is 1.01. The molecule has 0 aliphatic rings. The number of likely N-dealkylation sites (N-methyl/N-ethyl adjacent to an activating group) is 1. The van der Waals surface area contributed by atoms with Crippen LogP contribution in [0.5, 0.6) is 0 Å². The summed E-state index contributed by atoms with van der Waals surface area (Å²) < 4.78 is 5.24. The van der Waals surface area contributed by atoms with Crippen LogP contribution >= 0.6 is 0 Å². The molecule has 0 aliphatic heterocycles. The Balaban J connectivity index is 2.95. The van der Waals surface area contributed by atoms with Crippen molar-refractivity contribution in [2.45, 2.75) is 13.0 Å². The van der Waals surface area contributed by atoms with Crippen LogP contribution in [0.4, 0.5) is 0 Å². The van der Waals surface area contributed by atoms with Gasteiger partial charge in [-0.2, -0.15) is 0 Å². The van der Waals surface area contributed by atoms with Gasteiger partial charge in [0.15, 0.2) is 0 Å². The van der Waals surface area contributed by atoms with Gasteiger partial charge in [0.1, 0.15) is 0 Å². The van der Waals surface area contributed by atoms with E-state index in [0.717, 1.165) is 6.54 Å². The Kier molecular flexibility index (Phi) is 5.93. The Hall–Kier alpha value is -0.120. The SMILES string of the molecule is CNCC(C)OCCN. The van der Waals surface area contributed by atoms with Crippen LogP contribution in [0.1, 0.15) is 6.92 Å². The minimum absolute atomic E-state index is 0.276. The average molecular weight is 132 g/mol. The van der Waals surface area contributed by atoms with Gasteiger partial charge in [-0.25, -0.2) is 0 Å². The van der Waals surface area contributed by atoms with Crippen molar-refractivity contribution in [3.8, 4) is 0 Å². The third kappa shape index (κ3) is 5.76. The molecule has 0 bridgehead atoms. The van der Waals surface area contributed by atoms with Crippen LogP contribution in [0.15, 0.2) is 0 Å². The lowest BCUT2D eigenvalue weighted by Gasteiger charge is -2.10. The van der Waals surface area contributed by atoms with Crippen molar-refractivity contribution < 1.29 is 4.74 Å². The van der Waals surface area contributed by atoms with Crippen molar-refractivity contribution in [2.75, 3.05) is 26.7 Å². The Morgan fingerprint density at radius 2 is 2.33 bits per heavy atom. The summed E-state index contributed by atoms with van der Waals surface area (Å²) in [5.41, 5.74) is 5.23. The zero-order valence-electron chi connectivity index (χ0n) is 6.18. The Morgan fingerprint density at radius 1 is 1.67 bits per heavy atom. The molecule has 3 heteroatoms. The van der Waals surface area contributed by atoms with E-state index < -0.39 is 0 Å². The summed E-state index contributed by atoms with van der Waals surface area (Å²) in [5, 5.41) is 3.01. The number of nitrogens with one attached hydrogen (secondary N) is 1. The van der Waals surface area contributed by atoms with E-state index in [1.54, 1.807) is 0 Å². The molecule has 0 fully saturated rings. The molecule has 0 saturated heterocycles. The van der Waals surface area contributed by atoms with Crippen molar-refractivity contribution in [3.05, 3.63) is 0 Å². The lowest BCUT2D eigenvalue weighted by Crippen LogP contribution is -2.25. The fourth-order valence-electron chi connectivity index (χ4n) is 0.616. The number of hydrogen-bond donors (Lipinski definition) is 2. The molecule has 1 unspecified atom stereocenters. The van der Waals surface area contributed by atoms with Crippen LogP contribution in [0.3, 0.4) is 0 Å². The topological polar surface area (TPSA) is 47.3 Å². The molecule has 3 N–H and O–H groups in total. The third-order valence-corrected chi connectivity index (χ3v) is 1.01. The highest BCUT2D eigenvalue weighted by molar-refractivity contribution is 4.50. The van der Waals surface area contributed by atoms with Gasteiger partial charge in [-0.1, -0.05) is 0 Å². The number of hydrogen-bond acceptors (Lipinski definition) is 3. The van der Waals surface area contributed by atoms with Gasteiger partial charge in [0.2, 0.25) is 0 Å². The minimum atomic E-state index is 0.276. The summed E-state index contributed by atoms with van der Waals surface area (Å²) in [6, 6.07) is 0. The first-order valence-electron chi connectivity index (χ1n) is 3.27. The number of nitrogens with two attached hydrogens (primary N) is 1. The summed E-state index contributed by atoms with van der Waals surface area (Å²) in [7, 11) is 1.91. The summed E-state index contributed by atoms with van der Waals surface area (Å²) in [4.78, 5) is 0. The molecule has 0 heterocycles. The van der Waals surface area contributed by atoms with Gasteiger partial charge < -0.3 is 15.8 Å². The minimum Gasteiger partial charge on any atom is -0.376 e. The van der Waals surface area contributed by atoms with Crippen LogP contribution in [-0.4, -0.2) is 32.8 Å². The van der Waals surface area contributed by atoms with Crippen molar-refractivity contribution >= 4 is 0 Å². The molecular formula is C6H16N2O. The maximum atomic E-state index is 5.24. The lowest BCUT2D eigenvalue weighted by atomic mass is 10.4. The lowest BCUT2D eigenvalue weighted by molar-refractivity contribution is 0.0731. The molecule has 0 amide bonds. The average Bonchev–Trinajstić information content (AvgIpc) is 1.85. The quantitative estimate of drug-likeness (QED) is 0.533. The van der Waals surface area contributed by atoms with Crippen LogP contribution in [0.25, 0.3) is 0 Å². The first kappa shape index (κ1) is 8.88.